The molecule has 0 fully saturated rings. The van der Waals surface area contributed by atoms with Crippen molar-refractivity contribution in [2.45, 2.75) is 0 Å². The van der Waals surface area contributed by atoms with Gasteiger partial charge in [0.15, 0.2) is 0 Å². The van der Waals surface area contributed by atoms with Gasteiger partial charge in [0.2, 0.25) is 11.7 Å². The molecule has 1 N–H and O–H groups in total. The molecule has 2 amide bonds. The van der Waals surface area contributed by atoms with Crippen LogP contribution >= 0.6 is 0 Å². The molecule has 1 aliphatic rings. The lowest BCUT2D eigenvalue weighted by atomic mass is 10.3. The van der Waals surface area contributed by atoms with Crippen LogP contribution in [0, 0.1) is 0 Å². The maximum absolute atomic E-state index is 12.7. The van der Waals surface area contributed by atoms with Gasteiger partial charge in [-0.25, -0.2) is 9.78 Å². The minimum absolute atomic E-state index is 0.326. The summed E-state index contributed by atoms with van der Waals surface area (Å²) >= 11 is 0. The van der Waals surface area contributed by atoms with E-state index in [1.807, 2.05) is 30.3 Å². The average molecular weight is 277 g/mol. The van der Waals surface area contributed by atoms with E-state index in [1.165, 1.54) is 9.47 Å². The van der Waals surface area contributed by atoms with Gasteiger partial charge in [0.25, 0.3) is 11.2 Å². The van der Waals surface area contributed by atoms with Gasteiger partial charge in [-0.2, -0.15) is 4.79 Å². The first kappa shape index (κ1) is 11.7. The van der Waals surface area contributed by atoms with E-state index in [-0.39, 0.29) is 11.9 Å². The lowest BCUT2D eigenvalue weighted by Gasteiger charge is -2.02. The molecule has 100 valence electrons. The molecule has 0 unspecified atom stereocenters. The summed E-state index contributed by atoms with van der Waals surface area (Å²) < 4.78 is 1.45. The second kappa shape index (κ2) is 4.21. The van der Waals surface area contributed by atoms with E-state index in [1.54, 1.807) is 30.5 Å². The molecule has 0 saturated carbocycles. The van der Waals surface area contributed by atoms with Crippen molar-refractivity contribution in [1.29, 1.82) is 0 Å². The van der Waals surface area contributed by atoms with E-state index in [2.05, 4.69) is 4.98 Å². The zero-order chi connectivity index (χ0) is 14.4. The summed E-state index contributed by atoms with van der Waals surface area (Å²) in [7, 11) is 0. The largest absolute Gasteiger partial charge is 0.512 e. The van der Waals surface area contributed by atoms with Crippen molar-refractivity contribution in [3.05, 3.63) is 66.5 Å². The third-order valence-electron chi connectivity index (χ3n) is 3.57. The standard InChI is InChI=1S/C16H10N3O2/c20-15-14-10-17-12-8-4-5-9-13(12)19(14)16(21)18(15)11-6-2-1-3-7-11/h1-10H/q+1/p+1. The smallest absolute Gasteiger partial charge is 0.236 e. The molecule has 3 aromatic rings. The first-order chi connectivity index (χ1) is 10.3. The number of nitrogens with one attached hydrogen (secondary N) is 1. The molecular formula is C16H11N3O2+2. The maximum Gasteiger partial charge on any atom is 0.512 e. The van der Waals surface area contributed by atoms with E-state index in [4.69, 9.17) is 0 Å². The number of benzene rings is 2. The first-order valence-electron chi connectivity index (χ1n) is 6.57. The summed E-state index contributed by atoms with van der Waals surface area (Å²) in [4.78, 5) is 29.4. The fraction of sp³-hybridized carbons (Fsp3) is 0. The molecule has 2 aromatic carbocycles. The molecule has 5 heteroatoms. The zero-order valence-electron chi connectivity index (χ0n) is 11.0. The topological polar surface area (TPSA) is 55.4 Å². The van der Waals surface area contributed by atoms with Crippen LogP contribution in [0.4, 0.5) is 10.5 Å². The number of carbonyl (C=O) groups excluding carboxylic acids is 2. The van der Waals surface area contributed by atoms with Crippen molar-refractivity contribution >= 4 is 28.7 Å². The van der Waals surface area contributed by atoms with Crippen molar-refractivity contribution in [3.8, 4) is 0 Å². The molecule has 5 nitrogen and oxygen atoms in total. The molecule has 0 spiro atoms. The Morgan fingerprint density at radius 1 is 0.905 bits per heavy atom. The molecule has 0 bridgehead atoms. The van der Waals surface area contributed by atoms with Crippen LogP contribution in [0.2, 0.25) is 0 Å². The van der Waals surface area contributed by atoms with Crippen molar-refractivity contribution in [2.24, 2.45) is 0 Å². The third kappa shape index (κ3) is 1.57. The second-order valence-electron chi connectivity index (χ2n) is 4.79. The van der Waals surface area contributed by atoms with Crippen LogP contribution in [0.15, 0.2) is 60.8 Å². The van der Waals surface area contributed by atoms with Crippen LogP contribution in [0.3, 0.4) is 0 Å². The number of anilines is 1. The monoisotopic (exact) mass is 277 g/mol. The van der Waals surface area contributed by atoms with E-state index < -0.39 is 0 Å². The van der Waals surface area contributed by atoms with E-state index >= 15 is 0 Å². The van der Waals surface area contributed by atoms with Crippen molar-refractivity contribution in [2.75, 3.05) is 4.90 Å². The summed E-state index contributed by atoms with van der Waals surface area (Å²) in [5.74, 6) is -0.326. The number of rotatable bonds is 1. The van der Waals surface area contributed by atoms with Gasteiger partial charge in [-0.15, -0.1) is 9.47 Å². The van der Waals surface area contributed by atoms with Gasteiger partial charge < -0.3 is 0 Å². The molecule has 1 aromatic heterocycles. The number of aromatic amines is 1. The van der Waals surface area contributed by atoms with Crippen LogP contribution in [0.5, 0.6) is 0 Å². The maximum atomic E-state index is 12.7. The Morgan fingerprint density at radius 3 is 2.43 bits per heavy atom. The Hall–Kier alpha value is -3.08. The second-order valence-corrected chi connectivity index (χ2v) is 4.79. The summed E-state index contributed by atoms with van der Waals surface area (Å²) in [5, 5.41) is 0. The number of imide groups is 1. The van der Waals surface area contributed by atoms with Gasteiger partial charge in [-0.3, -0.25) is 0 Å². The lowest BCUT2D eigenvalue weighted by Crippen LogP contribution is -2.47. The lowest BCUT2D eigenvalue weighted by molar-refractivity contribution is -0.551. The van der Waals surface area contributed by atoms with Crippen LogP contribution in [-0.4, -0.2) is 11.9 Å². The summed E-state index contributed by atoms with van der Waals surface area (Å²) in [6.07, 6.45) is 1.57. The molecule has 4 rings (SSSR count). The fourth-order valence-electron chi connectivity index (χ4n) is 2.60. The SMILES string of the molecule is O=C1c2c[nH+]c3ccccc3[n+]2C(=O)N1c1ccccc1. The highest BCUT2D eigenvalue weighted by Gasteiger charge is 2.49. The predicted molar refractivity (Wildman–Crippen MR) is 74.7 cm³/mol. The van der Waals surface area contributed by atoms with Crippen molar-refractivity contribution < 1.29 is 19.1 Å². The Bertz CT molecular complexity index is 890. The van der Waals surface area contributed by atoms with E-state index in [0.717, 1.165) is 5.52 Å². The molecule has 0 saturated heterocycles. The van der Waals surface area contributed by atoms with Gasteiger partial charge in [0.1, 0.15) is 5.69 Å². The number of fused-ring (bicyclic) bond motifs is 3. The predicted octanol–water partition coefficient (Wildman–Crippen LogP) is 1.57. The van der Waals surface area contributed by atoms with Crippen LogP contribution < -0.4 is 14.5 Å². The number of aromatic nitrogens is 2. The van der Waals surface area contributed by atoms with Crippen LogP contribution in [0.1, 0.15) is 10.5 Å². The highest BCUT2D eigenvalue weighted by Crippen LogP contribution is 2.20. The summed E-state index contributed by atoms with van der Waals surface area (Å²) in [6, 6.07) is 16.0. The van der Waals surface area contributed by atoms with Crippen LogP contribution in [0.25, 0.3) is 11.0 Å². The van der Waals surface area contributed by atoms with Crippen LogP contribution in [-0.2, 0) is 0 Å². The van der Waals surface area contributed by atoms with Gasteiger partial charge in [0, 0.05) is 6.07 Å². The average Bonchev–Trinajstić information content (AvgIpc) is 2.80. The number of hydrogen-bond donors (Lipinski definition) is 0. The molecule has 1 aliphatic heterocycles. The number of para-hydroxylation sites is 3. The molecular weight excluding hydrogens is 266 g/mol. The number of carbonyl (C=O) groups is 2. The van der Waals surface area contributed by atoms with Gasteiger partial charge >= 0.3 is 11.9 Å². The normalized spacial score (nSPS) is 13.8. The quantitative estimate of drug-likeness (QED) is 0.634. The van der Waals surface area contributed by atoms with Gasteiger partial charge in [-0.05, 0) is 18.2 Å². The summed E-state index contributed by atoms with van der Waals surface area (Å²) in [6.45, 7) is 0. The fourth-order valence-corrected chi connectivity index (χ4v) is 2.60. The Kier molecular flexibility index (Phi) is 2.35. The van der Waals surface area contributed by atoms with Crippen molar-refractivity contribution in [1.82, 2.24) is 0 Å². The molecule has 0 atom stereocenters. The minimum atomic E-state index is -0.355. The highest BCUT2D eigenvalue weighted by molar-refractivity contribution is 6.21. The molecule has 21 heavy (non-hydrogen) atoms. The highest BCUT2D eigenvalue weighted by atomic mass is 16.2. The van der Waals surface area contributed by atoms with E-state index in [9.17, 15) is 9.59 Å². The van der Waals surface area contributed by atoms with Gasteiger partial charge in [0.05, 0.1) is 0 Å². The Labute approximate surface area is 120 Å². The molecule has 2 heterocycles. The summed E-state index contributed by atoms with van der Waals surface area (Å²) in [5.41, 5.74) is 2.40. The van der Waals surface area contributed by atoms with E-state index in [0.29, 0.717) is 16.9 Å². The molecule has 0 radical (unpaired) electrons. The Balaban J connectivity index is 1.97. The van der Waals surface area contributed by atoms with Gasteiger partial charge in [-0.1, -0.05) is 30.3 Å². The number of amides is 2. The number of nitrogens with zero attached hydrogens (tertiary/aromatic N) is 2. The first-order valence-corrected chi connectivity index (χ1v) is 6.57. The zero-order valence-corrected chi connectivity index (χ0v) is 11.0. The number of H-pyrrole nitrogens is 1. The molecule has 0 aliphatic carbocycles. The Morgan fingerprint density at radius 2 is 1.62 bits per heavy atom. The third-order valence-corrected chi connectivity index (χ3v) is 3.57. The minimum Gasteiger partial charge on any atom is -0.236 e. The van der Waals surface area contributed by atoms with Crippen molar-refractivity contribution in [3.63, 3.8) is 0 Å². The number of hydrogen-bond acceptors (Lipinski definition) is 2.